The number of hydrogen-bond donors (Lipinski definition) is 1. The maximum absolute atomic E-state index is 11.1. The number of imidazole rings is 1. The van der Waals surface area contributed by atoms with Crippen LogP contribution in [0.4, 0.5) is 11.4 Å². The van der Waals surface area contributed by atoms with Crippen LogP contribution < -0.4 is 5.32 Å². The van der Waals surface area contributed by atoms with Crippen LogP contribution in [-0.2, 0) is 6.54 Å². The molecular formula is C16H13N5O2. The number of aromatic nitrogens is 2. The summed E-state index contributed by atoms with van der Waals surface area (Å²) < 4.78 is 1.96. The van der Waals surface area contributed by atoms with Gasteiger partial charge in [0.25, 0.3) is 5.69 Å². The molecule has 23 heavy (non-hydrogen) atoms. The third kappa shape index (κ3) is 2.82. The van der Waals surface area contributed by atoms with Crippen LogP contribution in [0.25, 0.3) is 5.65 Å². The Labute approximate surface area is 132 Å². The molecule has 3 rings (SSSR count). The number of nitrogens with one attached hydrogen (secondary N) is 1. The normalized spacial score (nSPS) is 10.4. The molecule has 0 aliphatic rings. The molecule has 0 fully saturated rings. The van der Waals surface area contributed by atoms with Crippen LogP contribution in [0.1, 0.15) is 17.0 Å². The number of nitro groups is 1. The maximum Gasteiger partial charge on any atom is 0.293 e. The molecule has 0 aliphatic carbocycles. The molecule has 0 saturated heterocycles. The second-order valence-electron chi connectivity index (χ2n) is 5.08. The van der Waals surface area contributed by atoms with Crippen LogP contribution >= 0.6 is 0 Å². The standard InChI is InChI=1S/C16H13N5O2/c1-11-3-2-4-16-19-13(10-20(11)16)9-18-14-6-5-12(8-17)7-15(14)21(22)23/h2-7,10,18H,9H2,1H3. The van der Waals surface area contributed by atoms with E-state index in [0.717, 1.165) is 17.0 Å². The van der Waals surface area contributed by atoms with Crippen LogP contribution in [0.3, 0.4) is 0 Å². The molecule has 0 bridgehead atoms. The number of nitriles is 1. The minimum atomic E-state index is -0.503. The van der Waals surface area contributed by atoms with Gasteiger partial charge in [-0.25, -0.2) is 4.98 Å². The third-order valence-electron chi connectivity index (χ3n) is 3.53. The number of pyridine rings is 1. The first-order chi connectivity index (χ1) is 11.1. The number of benzene rings is 1. The van der Waals surface area contributed by atoms with Crippen molar-refractivity contribution >= 4 is 17.0 Å². The summed E-state index contributed by atoms with van der Waals surface area (Å²) in [5.41, 5.74) is 3.16. The molecule has 2 aromatic heterocycles. The Morgan fingerprint density at radius 1 is 1.39 bits per heavy atom. The van der Waals surface area contributed by atoms with Crippen molar-refractivity contribution in [3.63, 3.8) is 0 Å². The number of nitro benzene ring substituents is 1. The van der Waals surface area contributed by atoms with Gasteiger partial charge in [0.1, 0.15) is 11.3 Å². The Bertz CT molecular complexity index is 939. The van der Waals surface area contributed by atoms with Gasteiger partial charge in [0.15, 0.2) is 0 Å². The predicted octanol–water partition coefficient (Wildman–Crippen LogP) is 3.03. The fourth-order valence-corrected chi connectivity index (χ4v) is 2.37. The molecule has 0 radical (unpaired) electrons. The summed E-state index contributed by atoms with van der Waals surface area (Å²) in [6.45, 7) is 2.34. The molecule has 1 aromatic carbocycles. The van der Waals surface area contributed by atoms with Crippen LogP contribution in [0.15, 0.2) is 42.6 Å². The Kier molecular flexibility index (Phi) is 3.65. The zero-order chi connectivity index (χ0) is 16.4. The van der Waals surface area contributed by atoms with E-state index in [1.807, 2.05) is 41.8 Å². The summed E-state index contributed by atoms with van der Waals surface area (Å²) in [6.07, 6.45) is 1.90. The van der Waals surface area contributed by atoms with Gasteiger partial charge in [0, 0.05) is 18.0 Å². The highest BCUT2D eigenvalue weighted by atomic mass is 16.6. The average molecular weight is 307 g/mol. The number of fused-ring (bicyclic) bond motifs is 1. The first-order valence-corrected chi connectivity index (χ1v) is 6.94. The Morgan fingerprint density at radius 3 is 2.91 bits per heavy atom. The van der Waals surface area contributed by atoms with Gasteiger partial charge >= 0.3 is 0 Å². The highest BCUT2D eigenvalue weighted by Gasteiger charge is 2.15. The van der Waals surface area contributed by atoms with E-state index in [1.165, 1.54) is 12.1 Å². The van der Waals surface area contributed by atoms with Crippen molar-refractivity contribution in [1.29, 1.82) is 5.26 Å². The van der Waals surface area contributed by atoms with Crippen molar-refractivity contribution in [1.82, 2.24) is 9.38 Å². The zero-order valence-electron chi connectivity index (χ0n) is 12.4. The lowest BCUT2D eigenvalue weighted by Crippen LogP contribution is -2.03. The van der Waals surface area contributed by atoms with Crippen LogP contribution in [0.5, 0.6) is 0 Å². The van der Waals surface area contributed by atoms with E-state index in [2.05, 4.69) is 10.3 Å². The Morgan fingerprint density at radius 2 is 2.22 bits per heavy atom. The smallest absolute Gasteiger partial charge is 0.293 e. The van der Waals surface area contributed by atoms with Crippen LogP contribution in [0, 0.1) is 28.4 Å². The highest BCUT2D eigenvalue weighted by Crippen LogP contribution is 2.25. The summed E-state index contributed by atoms with van der Waals surface area (Å²) in [5.74, 6) is 0. The molecule has 0 aliphatic heterocycles. The van der Waals surface area contributed by atoms with Gasteiger partial charge in [-0.1, -0.05) is 6.07 Å². The van der Waals surface area contributed by atoms with Gasteiger partial charge in [-0.15, -0.1) is 0 Å². The summed E-state index contributed by atoms with van der Waals surface area (Å²) in [6, 6.07) is 12.1. The summed E-state index contributed by atoms with van der Waals surface area (Å²) in [4.78, 5) is 15.1. The molecule has 0 saturated carbocycles. The Balaban J connectivity index is 1.86. The minimum Gasteiger partial charge on any atom is -0.374 e. The molecule has 0 spiro atoms. The van der Waals surface area contributed by atoms with Crippen molar-refractivity contribution in [2.45, 2.75) is 13.5 Å². The van der Waals surface area contributed by atoms with Gasteiger partial charge in [-0.2, -0.15) is 5.26 Å². The number of hydrogen-bond acceptors (Lipinski definition) is 5. The summed E-state index contributed by atoms with van der Waals surface area (Å²) >= 11 is 0. The monoisotopic (exact) mass is 307 g/mol. The van der Waals surface area contributed by atoms with E-state index in [1.54, 1.807) is 6.07 Å². The lowest BCUT2D eigenvalue weighted by atomic mass is 10.2. The number of aryl methyl sites for hydroxylation is 1. The summed E-state index contributed by atoms with van der Waals surface area (Å²) in [5, 5.41) is 23.0. The lowest BCUT2D eigenvalue weighted by molar-refractivity contribution is -0.384. The van der Waals surface area contributed by atoms with Crippen LogP contribution in [0.2, 0.25) is 0 Å². The van der Waals surface area contributed by atoms with Crippen LogP contribution in [-0.4, -0.2) is 14.3 Å². The minimum absolute atomic E-state index is 0.121. The topological polar surface area (TPSA) is 96.3 Å². The SMILES string of the molecule is Cc1cccc2nc(CNc3ccc(C#N)cc3[N+](=O)[O-])cn12. The molecule has 7 heteroatoms. The predicted molar refractivity (Wildman–Crippen MR) is 85.1 cm³/mol. The van der Waals surface area contributed by atoms with Gasteiger partial charge in [0.2, 0.25) is 0 Å². The van der Waals surface area contributed by atoms with E-state index in [9.17, 15) is 10.1 Å². The Hall–Kier alpha value is -3.40. The van der Waals surface area contributed by atoms with E-state index in [4.69, 9.17) is 5.26 Å². The van der Waals surface area contributed by atoms with Crippen molar-refractivity contribution in [2.75, 3.05) is 5.32 Å². The molecular weight excluding hydrogens is 294 g/mol. The fraction of sp³-hybridized carbons (Fsp3) is 0.125. The number of rotatable bonds is 4. The molecule has 0 unspecified atom stereocenters. The van der Waals surface area contributed by atoms with Crippen molar-refractivity contribution < 1.29 is 4.92 Å². The number of anilines is 1. The number of nitrogens with zero attached hydrogens (tertiary/aromatic N) is 4. The quantitative estimate of drug-likeness (QED) is 0.590. The van der Waals surface area contributed by atoms with Crippen molar-refractivity contribution in [3.05, 3.63) is 69.7 Å². The largest absolute Gasteiger partial charge is 0.374 e. The molecule has 2 heterocycles. The first-order valence-electron chi connectivity index (χ1n) is 6.94. The second-order valence-corrected chi connectivity index (χ2v) is 5.08. The van der Waals surface area contributed by atoms with Crippen molar-refractivity contribution in [2.24, 2.45) is 0 Å². The fourth-order valence-electron chi connectivity index (χ4n) is 2.37. The molecule has 0 atom stereocenters. The first kappa shape index (κ1) is 14.5. The molecule has 7 nitrogen and oxygen atoms in total. The van der Waals surface area contributed by atoms with Crippen molar-refractivity contribution in [3.8, 4) is 6.07 Å². The van der Waals surface area contributed by atoms with E-state index >= 15 is 0 Å². The lowest BCUT2D eigenvalue weighted by Gasteiger charge is -2.05. The van der Waals surface area contributed by atoms with E-state index < -0.39 is 4.92 Å². The second kappa shape index (κ2) is 5.77. The maximum atomic E-state index is 11.1. The van der Waals surface area contributed by atoms with E-state index in [-0.39, 0.29) is 11.3 Å². The molecule has 3 aromatic rings. The molecule has 1 N–H and O–H groups in total. The molecule has 0 amide bonds. The zero-order valence-corrected chi connectivity index (χ0v) is 12.4. The van der Waals surface area contributed by atoms with E-state index in [0.29, 0.717) is 12.2 Å². The molecule has 114 valence electrons. The summed E-state index contributed by atoms with van der Waals surface area (Å²) in [7, 11) is 0. The van der Waals surface area contributed by atoms with Gasteiger partial charge in [-0.05, 0) is 31.2 Å². The highest BCUT2D eigenvalue weighted by molar-refractivity contribution is 5.64. The van der Waals surface area contributed by atoms with Gasteiger partial charge in [0.05, 0.1) is 28.8 Å². The average Bonchev–Trinajstić information content (AvgIpc) is 2.97. The van der Waals surface area contributed by atoms with Gasteiger partial charge < -0.3 is 9.72 Å². The third-order valence-corrected chi connectivity index (χ3v) is 3.53. The van der Waals surface area contributed by atoms with Gasteiger partial charge in [-0.3, -0.25) is 10.1 Å².